The van der Waals surface area contributed by atoms with Crippen molar-refractivity contribution in [2.75, 3.05) is 25.5 Å². The number of nitrogens with one attached hydrogen (secondary N) is 3. The lowest BCUT2D eigenvalue weighted by Crippen LogP contribution is -2.39. The number of likely N-dealkylation sites (tertiary alicyclic amines) is 1. The van der Waals surface area contributed by atoms with Gasteiger partial charge in [-0.3, -0.25) is 5.41 Å². The van der Waals surface area contributed by atoms with Gasteiger partial charge in [0.15, 0.2) is 5.13 Å². The van der Waals surface area contributed by atoms with E-state index in [0.29, 0.717) is 31.8 Å². The van der Waals surface area contributed by atoms with Crippen molar-refractivity contribution >= 4 is 34.5 Å². The molecule has 0 atom stereocenters. The molecule has 3 rings (SSSR count). The number of anilines is 1. The quantitative estimate of drug-likeness (QED) is 0.443. The molecule has 148 valence electrons. The summed E-state index contributed by atoms with van der Waals surface area (Å²) in [5.74, 6) is 1.15. The van der Waals surface area contributed by atoms with Crippen LogP contribution < -0.4 is 10.6 Å². The van der Waals surface area contributed by atoms with E-state index in [-0.39, 0.29) is 6.10 Å². The van der Waals surface area contributed by atoms with Gasteiger partial charge in [0.25, 0.3) is 0 Å². The van der Waals surface area contributed by atoms with Crippen LogP contribution in [0.1, 0.15) is 28.8 Å². The minimum absolute atomic E-state index is 0.239. The standard InChI is InChI=1S/C21H27N5OS/c1-15-4-3-5-16(12-15)6-7-18-14-24-21(28-18)25-20(23-2)13-19(22)26-10-8-17(27)9-11-26/h3-7,12-14,17,22-23,27H,8-11H2,1-2H3,(H,24,25)/b7-6-,20-13+,22-19?. The van der Waals surface area contributed by atoms with Gasteiger partial charge in [-0.05, 0) is 31.4 Å². The zero-order chi connectivity index (χ0) is 19.9. The number of rotatable bonds is 6. The zero-order valence-corrected chi connectivity index (χ0v) is 17.1. The second-order valence-electron chi connectivity index (χ2n) is 6.85. The summed E-state index contributed by atoms with van der Waals surface area (Å²) in [5, 5.41) is 25.0. The van der Waals surface area contributed by atoms with Crippen LogP contribution in [0.25, 0.3) is 12.2 Å². The molecule has 0 radical (unpaired) electrons. The highest BCUT2D eigenvalue weighted by atomic mass is 32.1. The van der Waals surface area contributed by atoms with Gasteiger partial charge in [-0.2, -0.15) is 0 Å². The summed E-state index contributed by atoms with van der Waals surface area (Å²) in [4.78, 5) is 7.45. The summed E-state index contributed by atoms with van der Waals surface area (Å²) in [6.07, 6.45) is 8.92. The van der Waals surface area contributed by atoms with Gasteiger partial charge in [-0.25, -0.2) is 4.98 Å². The fourth-order valence-electron chi connectivity index (χ4n) is 2.99. The fourth-order valence-corrected chi connectivity index (χ4v) is 3.73. The zero-order valence-electron chi connectivity index (χ0n) is 16.3. The molecular weight excluding hydrogens is 370 g/mol. The predicted molar refractivity (Wildman–Crippen MR) is 118 cm³/mol. The Morgan fingerprint density at radius 2 is 2.11 bits per heavy atom. The molecule has 28 heavy (non-hydrogen) atoms. The third-order valence-electron chi connectivity index (χ3n) is 4.60. The van der Waals surface area contributed by atoms with E-state index in [4.69, 9.17) is 5.41 Å². The van der Waals surface area contributed by atoms with Gasteiger partial charge < -0.3 is 20.6 Å². The van der Waals surface area contributed by atoms with E-state index in [2.05, 4.69) is 59.0 Å². The van der Waals surface area contributed by atoms with Crippen molar-refractivity contribution in [3.05, 3.63) is 58.4 Å². The molecule has 1 aromatic carbocycles. The van der Waals surface area contributed by atoms with Crippen LogP contribution in [0.15, 0.2) is 42.4 Å². The summed E-state index contributed by atoms with van der Waals surface area (Å²) in [6, 6.07) is 8.36. The first-order valence-corrected chi connectivity index (χ1v) is 10.2. The van der Waals surface area contributed by atoms with E-state index >= 15 is 0 Å². The lowest BCUT2D eigenvalue weighted by atomic mass is 10.1. The fraction of sp³-hybridized carbons (Fsp3) is 0.333. The summed E-state index contributed by atoms with van der Waals surface area (Å²) >= 11 is 1.56. The maximum atomic E-state index is 9.61. The highest BCUT2D eigenvalue weighted by Gasteiger charge is 2.18. The third kappa shape index (κ3) is 5.68. The molecule has 4 N–H and O–H groups in total. The second kappa shape index (κ2) is 9.52. The number of hydrogen-bond acceptors (Lipinski definition) is 6. The van der Waals surface area contributed by atoms with Crippen molar-refractivity contribution in [3.63, 3.8) is 0 Å². The minimum atomic E-state index is -0.239. The monoisotopic (exact) mass is 397 g/mol. The molecule has 0 aliphatic carbocycles. The molecule has 1 aliphatic heterocycles. The van der Waals surface area contributed by atoms with Gasteiger partial charge in [0.05, 0.1) is 6.10 Å². The lowest BCUT2D eigenvalue weighted by molar-refractivity contribution is 0.109. The Morgan fingerprint density at radius 3 is 2.82 bits per heavy atom. The van der Waals surface area contributed by atoms with E-state index in [1.165, 1.54) is 11.1 Å². The van der Waals surface area contributed by atoms with Gasteiger partial charge >= 0.3 is 0 Å². The van der Waals surface area contributed by atoms with E-state index in [0.717, 1.165) is 15.8 Å². The van der Waals surface area contributed by atoms with Crippen molar-refractivity contribution in [3.8, 4) is 0 Å². The Morgan fingerprint density at radius 1 is 1.32 bits per heavy atom. The normalized spacial score (nSPS) is 15.8. The van der Waals surface area contributed by atoms with Crippen LogP contribution in [0.3, 0.4) is 0 Å². The Hall–Kier alpha value is -2.64. The van der Waals surface area contributed by atoms with E-state index in [1.807, 2.05) is 18.1 Å². The number of benzene rings is 1. The van der Waals surface area contributed by atoms with Crippen LogP contribution in [-0.4, -0.2) is 47.1 Å². The van der Waals surface area contributed by atoms with Crippen LogP contribution in [-0.2, 0) is 0 Å². The molecule has 0 saturated carbocycles. The minimum Gasteiger partial charge on any atom is -0.393 e. The molecule has 1 aromatic heterocycles. The van der Waals surface area contributed by atoms with E-state index in [9.17, 15) is 5.11 Å². The smallest absolute Gasteiger partial charge is 0.188 e. The summed E-state index contributed by atoms with van der Waals surface area (Å²) < 4.78 is 0. The molecule has 7 heteroatoms. The number of aryl methyl sites for hydroxylation is 1. The molecular formula is C21H27N5OS. The Balaban J connectivity index is 1.61. The number of piperidine rings is 1. The Kier molecular flexibility index (Phi) is 6.84. The summed E-state index contributed by atoms with van der Waals surface area (Å²) in [7, 11) is 1.82. The average Bonchev–Trinajstić information content (AvgIpc) is 3.14. The van der Waals surface area contributed by atoms with Crippen molar-refractivity contribution < 1.29 is 5.11 Å². The first-order valence-electron chi connectivity index (χ1n) is 9.42. The SMILES string of the molecule is CN/C(=C\C(=N)N1CCC(O)CC1)Nc1ncc(/C=C\c2cccc(C)c2)s1. The molecule has 0 unspecified atom stereocenters. The first kappa shape index (κ1) is 20.1. The Bertz CT molecular complexity index is 865. The predicted octanol–water partition coefficient (Wildman–Crippen LogP) is 3.53. The van der Waals surface area contributed by atoms with Crippen LogP contribution in [0.2, 0.25) is 0 Å². The number of aliphatic hydroxyl groups excluding tert-OH is 1. The number of amidine groups is 1. The maximum Gasteiger partial charge on any atom is 0.188 e. The van der Waals surface area contributed by atoms with E-state index < -0.39 is 0 Å². The molecule has 2 aromatic rings. The highest BCUT2D eigenvalue weighted by molar-refractivity contribution is 7.16. The van der Waals surface area contributed by atoms with Gasteiger partial charge in [0.2, 0.25) is 0 Å². The molecule has 1 saturated heterocycles. The van der Waals surface area contributed by atoms with Crippen molar-refractivity contribution in [2.24, 2.45) is 0 Å². The summed E-state index contributed by atoms with van der Waals surface area (Å²) in [5.41, 5.74) is 2.40. The van der Waals surface area contributed by atoms with Gasteiger partial charge in [0, 0.05) is 37.3 Å². The topological polar surface area (TPSA) is 84.3 Å². The van der Waals surface area contributed by atoms with Crippen molar-refractivity contribution in [1.82, 2.24) is 15.2 Å². The molecule has 1 aliphatic rings. The molecule has 2 heterocycles. The number of aliphatic hydroxyl groups is 1. The average molecular weight is 398 g/mol. The van der Waals surface area contributed by atoms with Gasteiger partial charge in [0.1, 0.15) is 11.7 Å². The second-order valence-corrected chi connectivity index (χ2v) is 7.91. The third-order valence-corrected chi connectivity index (χ3v) is 5.48. The summed E-state index contributed by atoms with van der Waals surface area (Å²) in [6.45, 7) is 3.50. The number of thiazole rings is 1. The molecule has 0 spiro atoms. The lowest BCUT2D eigenvalue weighted by Gasteiger charge is -2.30. The largest absolute Gasteiger partial charge is 0.393 e. The number of aromatic nitrogens is 1. The van der Waals surface area contributed by atoms with Crippen LogP contribution in [0, 0.1) is 12.3 Å². The maximum absolute atomic E-state index is 9.61. The van der Waals surface area contributed by atoms with Gasteiger partial charge in [-0.15, -0.1) is 0 Å². The molecule has 1 fully saturated rings. The van der Waals surface area contributed by atoms with Crippen LogP contribution in [0.5, 0.6) is 0 Å². The number of hydrogen-bond donors (Lipinski definition) is 4. The van der Waals surface area contributed by atoms with Crippen LogP contribution in [0.4, 0.5) is 5.13 Å². The molecule has 0 amide bonds. The molecule has 6 nitrogen and oxygen atoms in total. The molecule has 0 bridgehead atoms. The van der Waals surface area contributed by atoms with Gasteiger partial charge in [-0.1, -0.05) is 47.2 Å². The first-order chi connectivity index (χ1) is 13.5. The van der Waals surface area contributed by atoms with Crippen molar-refractivity contribution in [2.45, 2.75) is 25.9 Å². The number of nitrogens with zero attached hydrogens (tertiary/aromatic N) is 2. The highest BCUT2D eigenvalue weighted by Crippen LogP contribution is 2.22. The van der Waals surface area contributed by atoms with Crippen LogP contribution >= 0.6 is 11.3 Å². The van der Waals surface area contributed by atoms with Crippen molar-refractivity contribution in [1.29, 1.82) is 5.41 Å². The Labute approximate surface area is 170 Å². The van der Waals surface area contributed by atoms with E-state index in [1.54, 1.807) is 17.4 Å².